The minimum atomic E-state index is -0.247. The van der Waals surface area contributed by atoms with Crippen molar-refractivity contribution in [1.29, 1.82) is 0 Å². The van der Waals surface area contributed by atoms with E-state index in [4.69, 9.17) is 0 Å². The maximum absolute atomic E-state index is 10.6. The second-order valence-corrected chi connectivity index (χ2v) is 7.02. The quantitative estimate of drug-likeness (QED) is 0.617. The molecule has 0 saturated heterocycles. The lowest BCUT2D eigenvalue weighted by molar-refractivity contribution is 0.140. The van der Waals surface area contributed by atoms with Crippen molar-refractivity contribution in [3.05, 3.63) is 53.6 Å². The molecule has 1 spiro atoms. The van der Waals surface area contributed by atoms with Gasteiger partial charge in [0.25, 0.3) is 0 Å². The van der Waals surface area contributed by atoms with E-state index in [1.807, 2.05) is 12.1 Å². The van der Waals surface area contributed by atoms with E-state index < -0.39 is 0 Å². The largest absolute Gasteiger partial charge is 0.508 e. The first-order valence-corrected chi connectivity index (χ1v) is 7.97. The Labute approximate surface area is 129 Å². The van der Waals surface area contributed by atoms with Crippen molar-refractivity contribution >= 4 is 21.5 Å². The average Bonchev–Trinajstić information content (AvgIpc) is 3.10. The molecular weight excluding hydrogens is 272 g/mol. The molecule has 0 aliphatic heterocycles. The number of benzene rings is 3. The van der Waals surface area contributed by atoms with Crippen molar-refractivity contribution in [2.75, 3.05) is 0 Å². The van der Waals surface area contributed by atoms with Crippen LogP contribution in [0.1, 0.15) is 24.5 Å². The molecule has 2 heteroatoms. The lowest BCUT2D eigenvalue weighted by Crippen LogP contribution is -2.22. The highest BCUT2D eigenvalue weighted by atomic mass is 16.3. The lowest BCUT2D eigenvalue weighted by Gasteiger charge is -2.15. The molecule has 2 N–H and O–H groups in total. The summed E-state index contributed by atoms with van der Waals surface area (Å²) in [5.74, 6) is 0.874. The highest BCUT2D eigenvalue weighted by molar-refractivity contribution is 6.09. The minimum absolute atomic E-state index is 0.0112. The van der Waals surface area contributed by atoms with Gasteiger partial charge >= 0.3 is 0 Å². The van der Waals surface area contributed by atoms with Gasteiger partial charge in [-0.1, -0.05) is 37.3 Å². The maximum atomic E-state index is 10.6. The molecule has 2 aliphatic carbocycles. The Balaban J connectivity index is 1.86. The van der Waals surface area contributed by atoms with E-state index >= 15 is 0 Å². The standard InChI is InChI=1S/C20H18O2/c1-11-10-20(11)18-7-6-14-15(17(18)9-19(20)22)5-3-12-2-4-13(21)8-16(12)14/h2-8,11,19,21-22H,9-10H2,1H3/t11-,19+,20+/m1/s1. The van der Waals surface area contributed by atoms with Crippen LogP contribution < -0.4 is 0 Å². The Morgan fingerprint density at radius 3 is 2.50 bits per heavy atom. The molecule has 2 nitrogen and oxygen atoms in total. The summed E-state index contributed by atoms with van der Waals surface area (Å²) < 4.78 is 0. The lowest BCUT2D eigenvalue weighted by atomic mass is 9.91. The van der Waals surface area contributed by atoms with Gasteiger partial charge in [0.05, 0.1) is 6.10 Å². The summed E-state index contributed by atoms with van der Waals surface area (Å²) in [6, 6.07) is 14.2. The zero-order chi connectivity index (χ0) is 15.1. The fourth-order valence-corrected chi connectivity index (χ4v) is 4.68. The zero-order valence-electron chi connectivity index (χ0n) is 12.5. The fourth-order valence-electron chi connectivity index (χ4n) is 4.68. The number of aliphatic hydroxyl groups is 1. The number of aromatic hydroxyl groups is 1. The first kappa shape index (κ1) is 12.5. The van der Waals surface area contributed by atoms with Gasteiger partial charge in [-0.3, -0.25) is 0 Å². The van der Waals surface area contributed by atoms with E-state index in [0.29, 0.717) is 11.7 Å². The molecule has 22 heavy (non-hydrogen) atoms. The Hall–Kier alpha value is -2.06. The number of hydrogen-bond acceptors (Lipinski definition) is 2. The Morgan fingerprint density at radius 1 is 1.00 bits per heavy atom. The number of rotatable bonds is 0. The molecule has 3 aromatic rings. The first-order valence-electron chi connectivity index (χ1n) is 7.97. The third-order valence-corrected chi connectivity index (χ3v) is 5.97. The third kappa shape index (κ3) is 1.34. The van der Waals surface area contributed by atoms with Crippen molar-refractivity contribution < 1.29 is 10.2 Å². The van der Waals surface area contributed by atoms with Gasteiger partial charge in [-0.05, 0) is 57.1 Å². The molecule has 0 bridgehead atoms. The highest BCUT2D eigenvalue weighted by Crippen LogP contribution is 2.62. The van der Waals surface area contributed by atoms with Crippen LogP contribution in [0.3, 0.4) is 0 Å². The normalized spacial score (nSPS) is 29.4. The highest BCUT2D eigenvalue weighted by Gasteiger charge is 2.61. The van der Waals surface area contributed by atoms with E-state index in [2.05, 4.69) is 31.2 Å². The van der Waals surface area contributed by atoms with Gasteiger partial charge in [0.2, 0.25) is 0 Å². The summed E-state index contributed by atoms with van der Waals surface area (Å²) in [5.41, 5.74) is 2.66. The monoisotopic (exact) mass is 290 g/mol. The predicted octanol–water partition coefficient (Wildman–Crippen LogP) is 3.89. The summed E-state index contributed by atoms with van der Waals surface area (Å²) in [6.45, 7) is 2.24. The second-order valence-electron chi connectivity index (χ2n) is 7.02. The average molecular weight is 290 g/mol. The van der Waals surface area contributed by atoms with E-state index in [1.165, 1.54) is 21.9 Å². The fraction of sp³-hybridized carbons (Fsp3) is 0.300. The van der Waals surface area contributed by atoms with E-state index in [9.17, 15) is 10.2 Å². The van der Waals surface area contributed by atoms with Gasteiger partial charge in [0.1, 0.15) is 5.75 Å². The number of phenols is 1. The minimum Gasteiger partial charge on any atom is -0.508 e. The molecule has 2 aliphatic rings. The van der Waals surface area contributed by atoms with Crippen LogP contribution in [0, 0.1) is 5.92 Å². The van der Waals surface area contributed by atoms with Crippen LogP contribution in [0.5, 0.6) is 5.75 Å². The molecule has 3 aromatic carbocycles. The molecule has 110 valence electrons. The van der Waals surface area contributed by atoms with Crippen LogP contribution in [-0.2, 0) is 11.8 Å². The van der Waals surface area contributed by atoms with Crippen molar-refractivity contribution in [3.63, 3.8) is 0 Å². The summed E-state index contributed by atoms with van der Waals surface area (Å²) >= 11 is 0. The smallest absolute Gasteiger partial charge is 0.116 e. The molecule has 0 heterocycles. The van der Waals surface area contributed by atoms with Gasteiger partial charge in [-0.25, -0.2) is 0 Å². The molecule has 5 rings (SSSR count). The van der Waals surface area contributed by atoms with Gasteiger partial charge < -0.3 is 10.2 Å². The number of phenolic OH excluding ortho intramolecular Hbond substituents is 1. The maximum Gasteiger partial charge on any atom is 0.116 e. The van der Waals surface area contributed by atoms with Crippen molar-refractivity contribution in [3.8, 4) is 5.75 Å². The van der Waals surface area contributed by atoms with Gasteiger partial charge in [0, 0.05) is 11.8 Å². The van der Waals surface area contributed by atoms with E-state index in [1.54, 1.807) is 6.07 Å². The van der Waals surface area contributed by atoms with Crippen molar-refractivity contribution in [1.82, 2.24) is 0 Å². The predicted molar refractivity (Wildman–Crippen MR) is 88.3 cm³/mol. The molecule has 0 radical (unpaired) electrons. The molecule has 1 saturated carbocycles. The molecule has 1 fully saturated rings. The van der Waals surface area contributed by atoms with Crippen LogP contribution in [-0.4, -0.2) is 16.3 Å². The topological polar surface area (TPSA) is 40.5 Å². The Bertz CT molecular complexity index is 943. The Kier molecular flexibility index (Phi) is 2.17. The summed E-state index contributed by atoms with van der Waals surface area (Å²) in [7, 11) is 0. The van der Waals surface area contributed by atoms with Crippen LogP contribution in [0.15, 0.2) is 42.5 Å². The SMILES string of the molecule is C[C@@H]1C[C@@]12c1ccc3c(ccc4ccc(O)cc43)c1C[C@@H]2O. The van der Waals surface area contributed by atoms with E-state index in [-0.39, 0.29) is 11.5 Å². The summed E-state index contributed by atoms with van der Waals surface area (Å²) in [4.78, 5) is 0. The van der Waals surface area contributed by atoms with Gasteiger partial charge in [-0.2, -0.15) is 0 Å². The summed E-state index contributed by atoms with van der Waals surface area (Å²) in [5, 5.41) is 25.0. The second kappa shape index (κ2) is 3.82. The van der Waals surface area contributed by atoms with Gasteiger partial charge in [0.15, 0.2) is 0 Å². The van der Waals surface area contributed by atoms with E-state index in [0.717, 1.165) is 23.6 Å². The molecule has 0 unspecified atom stereocenters. The molecule has 0 amide bonds. The summed E-state index contributed by atoms with van der Waals surface area (Å²) in [6.07, 6.45) is 1.60. The molecular formula is C20H18O2. The van der Waals surface area contributed by atoms with Crippen LogP contribution in [0.2, 0.25) is 0 Å². The van der Waals surface area contributed by atoms with Crippen molar-refractivity contribution in [2.45, 2.75) is 31.3 Å². The van der Waals surface area contributed by atoms with Crippen LogP contribution in [0.25, 0.3) is 21.5 Å². The van der Waals surface area contributed by atoms with Crippen molar-refractivity contribution in [2.24, 2.45) is 5.92 Å². The number of hydrogen-bond donors (Lipinski definition) is 2. The molecule has 0 aromatic heterocycles. The number of aliphatic hydroxyl groups excluding tert-OH is 1. The van der Waals surface area contributed by atoms with Crippen LogP contribution in [0.4, 0.5) is 0 Å². The first-order chi connectivity index (χ1) is 10.6. The van der Waals surface area contributed by atoms with Crippen LogP contribution >= 0.6 is 0 Å². The molecule has 3 atom stereocenters. The Morgan fingerprint density at radius 2 is 1.73 bits per heavy atom. The third-order valence-electron chi connectivity index (χ3n) is 5.97. The van der Waals surface area contributed by atoms with Gasteiger partial charge in [-0.15, -0.1) is 0 Å². The zero-order valence-corrected chi connectivity index (χ0v) is 12.5. The number of fused-ring (bicyclic) bond motifs is 6.